The highest BCUT2D eigenvalue weighted by Gasteiger charge is 2.11. The van der Waals surface area contributed by atoms with Crippen molar-refractivity contribution in [2.75, 3.05) is 0 Å². The first-order valence-corrected chi connectivity index (χ1v) is 5.31. The SMILES string of the molecule is Cc1ccc(-c2cc(O)c(O)cc2O)c(C)c1. The molecule has 0 fully saturated rings. The van der Waals surface area contributed by atoms with Crippen molar-refractivity contribution in [3.63, 3.8) is 0 Å². The average molecular weight is 230 g/mol. The zero-order valence-corrected chi connectivity index (χ0v) is 9.73. The second-order valence-corrected chi connectivity index (χ2v) is 4.18. The van der Waals surface area contributed by atoms with Gasteiger partial charge in [-0.25, -0.2) is 0 Å². The van der Waals surface area contributed by atoms with Crippen LogP contribution in [-0.4, -0.2) is 15.3 Å². The lowest BCUT2D eigenvalue weighted by Crippen LogP contribution is -1.86. The molecule has 17 heavy (non-hydrogen) atoms. The Bertz CT molecular complexity index is 574. The van der Waals surface area contributed by atoms with E-state index in [1.807, 2.05) is 32.0 Å². The van der Waals surface area contributed by atoms with Crippen LogP contribution in [0, 0.1) is 13.8 Å². The van der Waals surface area contributed by atoms with E-state index in [0.29, 0.717) is 5.56 Å². The molecule has 0 aromatic heterocycles. The van der Waals surface area contributed by atoms with E-state index >= 15 is 0 Å². The van der Waals surface area contributed by atoms with E-state index < -0.39 is 0 Å². The highest BCUT2D eigenvalue weighted by atomic mass is 16.3. The number of hydrogen-bond acceptors (Lipinski definition) is 3. The summed E-state index contributed by atoms with van der Waals surface area (Å²) >= 11 is 0. The van der Waals surface area contributed by atoms with Gasteiger partial charge in [-0.2, -0.15) is 0 Å². The summed E-state index contributed by atoms with van der Waals surface area (Å²) in [4.78, 5) is 0. The molecule has 0 atom stereocenters. The second-order valence-electron chi connectivity index (χ2n) is 4.18. The van der Waals surface area contributed by atoms with Gasteiger partial charge in [-0.3, -0.25) is 0 Å². The van der Waals surface area contributed by atoms with Crippen molar-refractivity contribution in [1.82, 2.24) is 0 Å². The summed E-state index contributed by atoms with van der Waals surface area (Å²) < 4.78 is 0. The Balaban J connectivity index is 2.64. The van der Waals surface area contributed by atoms with Gasteiger partial charge in [0.05, 0.1) is 0 Å². The molecular formula is C14H14O3. The first kappa shape index (κ1) is 11.3. The van der Waals surface area contributed by atoms with Crippen molar-refractivity contribution in [3.05, 3.63) is 41.5 Å². The van der Waals surface area contributed by atoms with Gasteiger partial charge in [-0.05, 0) is 31.0 Å². The van der Waals surface area contributed by atoms with Crippen LogP contribution in [0.4, 0.5) is 0 Å². The molecule has 0 unspecified atom stereocenters. The van der Waals surface area contributed by atoms with E-state index in [4.69, 9.17) is 0 Å². The standard InChI is InChI=1S/C14H14O3/c1-8-3-4-10(9(2)5-8)11-6-13(16)14(17)7-12(11)15/h3-7,15-17H,1-2H3. The molecule has 0 heterocycles. The van der Waals surface area contributed by atoms with Crippen LogP contribution in [0.2, 0.25) is 0 Å². The second kappa shape index (κ2) is 4.01. The summed E-state index contributed by atoms with van der Waals surface area (Å²) in [6, 6.07) is 8.33. The summed E-state index contributed by atoms with van der Waals surface area (Å²) in [6.45, 7) is 3.93. The van der Waals surface area contributed by atoms with Crippen molar-refractivity contribution >= 4 is 0 Å². The maximum atomic E-state index is 9.79. The van der Waals surface area contributed by atoms with Crippen molar-refractivity contribution in [2.24, 2.45) is 0 Å². The Morgan fingerprint density at radius 1 is 0.706 bits per heavy atom. The van der Waals surface area contributed by atoms with Crippen LogP contribution in [0.5, 0.6) is 17.2 Å². The lowest BCUT2D eigenvalue weighted by molar-refractivity contribution is 0.397. The molecule has 0 spiro atoms. The van der Waals surface area contributed by atoms with Crippen LogP contribution in [0.15, 0.2) is 30.3 Å². The van der Waals surface area contributed by atoms with Gasteiger partial charge in [-0.15, -0.1) is 0 Å². The average Bonchev–Trinajstić information content (AvgIpc) is 2.24. The third kappa shape index (κ3) is 2.04. The van der Waals surface area contributed by atoms with Crippen molar-refractivity contribution in [1.29, 1.82) is 0 Å². The number of benzene rings is 2. The van der Waals surface area contributed by atoms with E-state index in [-0.39, 0.29) is 17.2 Å². The van der Waals surface area contributed by atoms with Crippen molar-refractivity contribution < 1.29 is 15.3 Å². The number of phenolic OH excluding ortho intramolecular Hbond substituents is 3. The van der Waals surface area contributed by atoms with Gasteiger partial charge >= 0.3 is 0 Å². The Labute approximate surface area is 99.6 Å². The maximum Gasteiger partial charge on any atom is 0.161 e. The predicted molar refractivity (Wildman–Crippen MR) is 66.3 cm³/mol. The quantitative estimate of drug-likeness (QED) is 0.521. The highest BCUT2D eigenvalue weighted by molar-refractivity contribution is 5.76. The summed E-state index contributed by atoms with van der Waals surface area (Å²) in [6.07, 6.45) is 0. The molecule has 0 aliphatic heterocycles. The Morgan fingerprint density at radius 3 is 2.00 bits per heavy atom. The fourth-order valence-corrected chi connectivity index (χ4v) is 1.90. The molecule has 3 heteroatoms. The lowest BCUT2D eigenvalue weighted by Gasteiger charge is -2.10. The van der Waals surface area contributed by atoms with Gasteiger partial charge in [0.1, 0.15) is 5.75 Å². The first-order chi connectivity index (χ1) is 7.99. The molecule has 0 aliphatic rings. The van der Waals surface area contributed by atoms with E-state index in [2.05, 4.69) is 0 Å². The molecule has 2 rings (SSSR count). The third-order valence-corrected chi connectivity index (χ3v) is 2.76. The van der Waals surface area contributed by atoms with Gasteiger partial charge in [0.25, 0.3) is 0 Å². The summed E-state index contributed by atoms with van der Waals surface area (Å²) in [5.41, 5.74) is 3.49. The maximum absolute atomic E-state index is 9.79. The molecule has 2 aromatic rings. The fraction of sp³-hybridized carbons (Fsp3) is 0.143. The number of aryl methyl sites for hydroxylation is 2. The molecule has 3 N–H and O–H groups in total. The number of phenols is 3. The van der Waals surface area contributed by atoms with Crippen molar-refractivity contribution in [2.45, 2.75) is 13.8 Å². The Hall–Kier alpha value is -2.16. The largest absolute Gasteiger partial charge is 0.507 e. The summed E-state index contributed by atoms with van der Waals surface area (Å²) in [5.74, 6) is -0.610. The molecule has 0 bridgehead atoms. The first-order valence-electron chi connectivity index (χ1n) is 5.31. The van der Waals surface area contributed by atoms with Gasteiger partial charge < -0.3 is 15.3 Å². The summed E-state index contributed by atoms with van der Waals surface area (Å²) in [5, 5.41) is 28.5. The molecule has 0 aliphatic carbocycles. The van der Waals surface area contributed by atoms with Crippen LogP contribution in [0.3, 0.4) is 0 Å². The minimum atomic E-state index is -0.323. The minimum Gasteiger partial charge on any atom is -0.507 e. The topological polar surface area (TPSA) is 60.7 Å². The number of hydrogen-bond donors (Lipinski definition) is 3. The van der Waals surface area contributed by atoms with Crippen LogP contribution in [0.1, 0.15) is 11.1 Å². The molecule has 0 amide bonds. The molecule has 3 nitrogen and oxygen atoms in total. The lowest BCUT2D eigenvalue weighted by atomic mass is 9.97. The Kier molecular flexibility index (Phi) is 2.68. The zero-order chi connectivity index (χ0) is 12.6. The molecule has 0 saturated carbocycles. The van der Waals surface area contributed by atoms with Crippen LogP contribution in [-0.2, 0) is 0 Å². The van der Waals surface area contributed by atoms with Gasteiger partial charge in [0.15, 0.2) is 11.5 Å². The van der Waals surface area contributed by atoms with E-state index in [9.17, 15) is 15.3 Å². The highest BCUT2D eigenvalue weighted by Crippen LogP contribution is 2.39. The number of aromatic hydroxyl groups is 3. The van der Waals surface area contributed by atoms with Crippen LogP contribution >= 0.6 is 0 Å². The zero-order valence-electron chi connectivity index (χ0n) is 9.73. The minimum absolute atomic E-state index is 0.0488. The molecule has 0 saturated heterocycles. The van der Waals surface area contributed by atoms with E-state index in [1.165, 1.54) is 6.07 Å². The predicted octanol–water partition coefficient (Wildman–Crippen LogP) is 3.09. The van der Waals surface area contributed by atoms with Crippen LogP contribution < -0.4 is 0 Å². The molecular weight excluding hydrogens is 216 g/mol. The number of rotatable bonds is 1. The van der Waals surface area contributed by atoms with Gasteiger partial charge in [-0.1, -0.05) is 23.8 Å². The molecule has 2 aromatic carbocycles. The third-order valence-electron chi connectivity index (χ3n) is 2.76. The Morgan fingerprint density at radius 2 is 1.35 bits per heavy atom. The molecule has 88 valence electrons. The smallest absolute Gasteiger partial charge is 0.161 e. The fourth-order valence-electron chi connectivity index (χ4n) is 1.90. The van der Waals surface area contributed by atoms with E-state index in [1.54, 1.807) is 0 Å². The van der Waals surface area contributed by atoms with Gasteiger partial charge in [0.2, 0.25) is 0 Å². The van der Waals surface area contributed by atoms with Crippen molar-refractivity contribution in [3.8, 4) is 28.4 Å². The van der Waals surface area contributed by atoms with Gasteiger partial charge in [0, 0.05) is 11.6 Å². The summed E-state index contributed by atoms with van der Waals surface area (Å²) in [7, 11) is 0. The molecule has 0 radical (unpaired) electrons. The normalized spacial score (nSPS) is 10.5. The van der Waals surface area contributed by atoms with E-state index in [0.717, 1.165) is 22.8 Å². The monoisotopic (exact) mass is 230 g/mol. The van der Waals surface area contributed by atoms with Crippen LogP contribution in [0.25, 0.3) is 11.1 Å².